The number of hydrogen-bond acceptors (Lipinski definition) is 3. The van der Waals surface area contributed by atoms with Crippen LogP contribution >= 0.6 is 0 Å². The summed E-state index contributed by atoms with van der Waals surface area (Å²) in [4.78, 5) is 23.3. The molecule has 1 fully saturated rings. The van der Waals surface area contributed by atoms with E-state index >= 15 is 0 Å². The Kier molecular flexibility index (Phi) is 6.28. The fourth-order valence-corrected chi connectivity index (χ4v) is 2.73. The standard InChI is InChI=1S/C14H26N2O3/c1-2-11-6-8-14(9-7-11,13(18)19)16-12(17)5-3-4-10-15/h11H,2-10,15H2,1H3,(H,16,17)(H,18,19). The Balaban J connectivity index is 2.53. The summed E-state index contributed by atoms with van der Waals surface area (Å²) in [6, 6.07) is 0. The smallest absolute Gasteiger partial charge is 0.329 e. The molecule has 1 saturated carbocycles. The number of carboxylic acids is 1. The molecule has 0 aromatic carbocycles. The van der Waals surface area contributed by atoms with Crippen molar-refractivity contribution in [3.63, 3.8) is 0 Å². The molecule has 1 rings (SSSR count). The number of hydrogen-bond donors (Lipinski definition) is 3. The molecular formula is C14H26N2O3. The second-order valence-electron chi connectivity index (χ2n) is 5.53. The fourth-order valence-electron chi connectivity index (χ4n) is 2.73. The highest BCUT2D eigenvalue weighted by atomic mass is 16.4. The van der Waals surface area contributed by atoms with Crippen LogP contribution in [-0.4, -0.2) is 29.1 Å². The molecule has 110 valence electrons. The molecule has 0 saturated heterocycles. The Hall–Kier alpha value is -1.10. The molecule has 5 nitrogen and oxygen atoms in total. The lowest BCUT2D eigenvalue weighted by Gasteiger charge is -2.37. The number of carbonyl (C=O) groups excluding carboxylic acids is 1. The van der Waals surface area contributed by atoms with Gasteiger partial charge >= 0.3 is 5.97 Å². The Bertz CT molecular complexity index is 310. The monoisotopic (exact) mass is 270 g/mol. The fraction of sp³-hybridized carbons (Fsp3) is 0.857. The van der Waals surface area contributed by atoms with Crippen molar-refractivity contribution >= 4 is 11.9 Å². The van der Waals surface area contributed by atoms with Crippen LogP contribution in [0.5, 0.6) is 0 Å². The van der Waals surface area contributed by atoms with Gasteiger partial charge in [-0.2, -0.15) is 0 Å². The van der Waals surface area contributed by atoms with E-state index in [1.54, 1.807) is 0 Å². The lowest BCUT2D eigenvalue weighted by Crippen LogP contribution is -2.56. The van der Waals surface area contributed by atoms with Crippen LogP contribution in [0.25, 0.3) is 0 Å². The molecular weight excluding hydrogens is 244 g/mol. The zero-order chi connectivity index (χ0) is 14.3. The molecule has 0 aromatic heterocycles. The minimum atomic E-state index is -1.04. The largest absolute Gasteiger partial charge is 0.480 e. The number of unbranched alkanes of at least 4 members (excludes halogenated alkanes) is 1. The van der Waals surface area contributed by atoms with Crippen molar-refractivity contribution in [2.45, 2.75) is 63.8 Å². The van der Waals surface area contributed by atoms with Gasteiger partial charge in [-0.3, -0.25) is 4.79 Å². The highest BCUT2D eigenvalue weighted by Crippen LogP contribution is 2.34. The lowest BCUT2D eigenvalue weighted by atomic mass is 9.75. The highest BCUT2D eigenvalue weighted by Gasteiger charge is 2.42. The van der Waals surface area contributed by atoms with Crippen LogP contribution in [0.2, 0.25) is 0 Å². The number of aliphatic carboxylic acids is 1. The quantitative estimate of drug-likeness (QED) is 0.613. The molecule has 0 atom stereocenters. The van der Waals surface area contributed by atoms with Gasteiger partial charge in [-0.1, -0.05) is 13.3 Å². The summed E-state index contributed by atoms with van der Waals surface area (Å²) < 4.78 is 0. The maximum atomic E-state index is 11.8. The summed E-state index contributed by atoms with van der Waals surface area (Å²) >= 11 is 0. The first-order valence-electron chi connectivity index (χ1n) is 7.28. The summed E-state index contributed by atoms with van der Waals surface area (Å²) in [6.45, 7) is 2.69. The third kappa shape index (κ3) is 4.49. The van der Waals surface area contributed by atoms with Crippen LogP contribution in [-0.2, 0) is 9.59 Å². The maximum Gasteiger partial charge on any atom is 0.329 e. The topological polar surface area (TPSA) is 92.4 Å². The number of carboxylic acid groups (broad SMARTS) is 1. The summed E-state index contributed by atoms with van der Waals surface area (Å²) in [5.74, 6) is -0.457. The average molecular weight is 270 g/mol. The van der Waals surface area contributed by atoms with E-state index in [1.165, 1.54) is 0 Å². The van der Waals surface area contributed by atoms with Gasteiger partial charge in [0, 0.05) is 6.42 Å². The van der Waals surface area contributed by atoms with Crippen LogP contribution in [0.3, 0.4) is 0 Å². The van der Waals surface area contributed by atoms with Crippen molar-refractivity contribution in [2.75, 3.05) is 6.54 Å². The van der Waals surface area contributed by atoms with Gasteiger partial charge in [0.2, 0.25) is 5.91 Å². The van der Waals surface area contributed by atoms with Gasteiger partial charge in [0.15, 0.2) is 0 Å². The lowest BCUT2D eigenvalue weighted by molar-refractivity contribution is -0.149. The van der Waals surface area contributed by atoms with Crippen molar-refractivity contribution < 1.29 is 14.7 Å². The zero-order valence-electron chi connectivity index (χ0n) is 11.8. The number of carbonyl (C=O) groups is 2. The van der Waals surface area contributed by atoms with Gasteiger partial charge in [0.05, 0.1) is 0 Å². The van der Waals surface area contributed by atoms with E-state index in [-0.39, 0.29) is 5.91 Å². The minimum absolute atomic E-state index is 0.161. The molecule has 0 radical (unpaired) electrons. The third-order valence-corrected chi connectivity index (χ3v) is 4.18. The van der Waals surface area contributed by atoms with Gasteiger partial charge in [-0.15, -0.1) is 0 Å². The molecule has 0 heterocycles. The van der Waals surface area contributed by atoms with E-state index in [1.807, 2.05) is 0 Å². The Morgan fingerprint density at radius 2 is 1.95 bits per heavy atom. The van der Waals surface area contributed by atoms with Gasteiger partial charge in [-0.05, 0) is 51.0 Å². The molecule has 19 heavy (non-hydrogen) atoms. The zero-order valence-corrected chi connectivity index (χ0v) is 11.8. The second-order valence-corrected chi connectivity index (χ2v) is 5.53. The predicted octanol–water partition coefficient (Wildman–Crippen LogP) is 1.66. The minimum Gasteiger partial charge on any atom is -0.480 e. The van der Waals surface area contributed by atoms with Crippen LogP contribution in [0, 0.1) is 5.92 Å². The molecule has 5 heteroatoms. The van der Waals surface area contributed by atoms with Crippen molar-refractivity contribution in [1.29, 1.82) is 0 Å². The summed E-state index contributed by atoms with van der Waals surface area (Å²) in [5, 5.41) is 12.2. The molecule has 0 aliphatic heterocycles. The van der Waals surface area contributed by atoms with Crippen molar-refractivity contribution in [3.8, 4) is 0 Å². The van der Waals surface area contributed by atoms with E-state index in [0.717, 1.165) is 32.1 Å². The Labute approximate surface area is 114 Å². The first-order valence-corrected chi connectivity index (χ1v) is 7.28. The molecule has 1 aliphatic rings. The number of nitrogens with two attached hydrogens (primary N) is 1. The van der Waals surface area contributed by atoms with Crippen molar-refractivity contribution in [1.82, 2.24) is 5.32 Å². The van der Waals surface area contributed by atoms with Gasteiger partial charge in [0.1, 0.15) is 5.54 Å². The predicted molar refractivity (Wildman–Crippen MR) is 73.7 cm³/mol. The molecule has 0 bridgehead atoms. The molecule has 0 spiro atoms. The Morgan fingerprint density at radius 1 is 1.32 bits per heavy atom. The molecule has 0 aromatic rings. The molecule has 1 amide bonds. The average Bonchev–Trinajstić information content (AvgIpc) is 2.39. The van der Waals surface area contributed by atoms with Crippen LogP contribution in [0.1, 0.15) is 58.3 Å². The van der Waals surface area contributed by atoms with Crippen LogP contribution < -0.4 is 11.1 Å². The normalized spacial score (nSPS) is 26.9. The SMILES string of the molecule is CCC1CCC(NC(=O)CCCCN)(C(=O)O)CC1. The van der Waals surface area contributed by atoms with Gasteiger partial charge < -0.3 is 16.2 Å². The molecule has 1 aliphatic carbocycles. The van der Waals surface area contributed by atoms with E-state index in [0.29, 0.717) is 31.7 Å². The number of nitrogens with one attached hydrogen (secondary N) is 1. The second kappa shape index (κ2) is 7.48. The van der Waals surface area contributed by atoms with Crippen molar-refractivity contribution in [3.05, 3.63) is 0 Å². The summed E-state index contributed by atoms with van der Waals surface area (Å²) in [5.41, 5.74) is 4.34. The van der Waals surface area contributed by atoms with E-state index < -0.39 is 11.5 Å². The van der Waals surface area contributed by atoms with Gasteiger partial charge in [-0.25, -0.2) is 4.79 Å². The van der Waals surface area contributed by atoms with Crippen LogP contribution in [0.15, 0.2) is 0 Å². The first kappa shape index (κ1) is 16.0. The molecule has 4 N–H and O–H groups in total. The van der Waals surface area contributed by atoms with E-state index in [9.17, 15) is 14.7 Å². The number of amides is 1. The highest BCUT2D eigenvalue weighted by molar-refractivity contribution is 5.87. The maximum absolute atomic E-state index is 11.8. The van der Waals surface area contributed by atoms with Crippen LogP contribution in [0.4, 0.5) is 0 Å². The van der Waals surface area contributed by atoms with Gasteiger partial charge in [0.25, 0.3) is 0 Å². The third-order valence-electron chi connectivity index (χ3n) is 4.18. The first-order chi connectivity index (χ1) is 9.04. The van der Waals surface area contributed by atoms with Crippen molar-refractivity contribution in [2.24, 2.45) is 11.7 Å². The summed E-state index contributed by atoms with van der Waals surface area (Å²) in [7, 11) is 0. The van der Waals surface area contributed by atoms with E-state index in [4.69, 9.17) is 5.73 Å². The Morgan fingerprint density at radius 3 is 2.42 bits per heavy atom. The number of rotatable bonds is 7. The molecule has 0 unspecified atom stereocenters. The summed E-state index contributed by atoms with van der Waals surface area (Å²) in [6.07, 6.45) is 5.81. The van der Waals surface area contributed by atoms with E-state index in [2.05, 4.69) is 12.2 Å².